The molecule has 1 aromatic heterocycles. The molecule has 1 aromatic rings. The number of carbonyl (C=O) groups excluding carboxylic acids is 2. The minimum atomic E-state index is -0.841. The summed E-state index contributed by atoms with van der Waals surface area (Å²) >= 11 is 0. The van der Waals surface area contributed by atoms with Gasteiger partial charge in [0.05, 0.1) is 13.2 Å². The van der Waals surface area contributed by atoms with Crippen molar-refractivity contribution in [2.75, 3.05) is 13.7 Å². The van der Waals surface area contributed by atoms with Crippen LogP contribution in [0.25, 0.3) is 0 Å². The van der Waals surface area contributed by atoms with Crippen molar-refractivity contribution in [1.29, 1.82) is 0 Å². The summed E-state index contributed by atoms with van der Waals surface area (Å²) in [6, 6.07) is -1.24. The van der Waals surface area contributed by atoms with Crippen molar-refractivity contribution in [1.82, 2.24) is 10.3 Å². The van der Waals surface area contributed by atoms with Crippen LogP contribution in [0.4, 0.5) is 0 Å². The maximum absolute atomic E-state index is 12.3. The Bertz CT molecular complexity index is 624. The SMILES string of the molecule is COC(=O)C(CCCN=C(N)N)NC(=O)c1coc(C(N)CC(C)C)n1. The molecule has 10 nitrogen and oxygen atoms in total. The molecule has 0 aliphatic heterocycles. The van der Waals surface area contributed by atoms with Gasteiger partial charge in [-0.15, -0.1) is 0 Å². The molecule has 0 saturated heterocycles. The summed E-state index contributed by atoms with van der Waals surface area (Å²) in [5, 5.41) is 2.58. The standard InChI is InChI=1S/C16H28N6O4/c1-9(2)7-10(17)14-22-12(8-26-14)13(23)21-11(15(24)25-3)5-4-6-20-16(18)19/h8-11H,4-7,17H2,1-3H3,(H,21,23)(H4,18,19,20). The number of amides is 1. The molecule has 7 N–H and O–H groups in total. The van der Waals surface area contributed by atoms with E-state index in [1.54, 1.807) is 0 Å². The van der Waals surface area contributed by atoms with Crippen LogP contribution in [0.15, 0.2) is 15.7 Å². The fourth-order valence-corrected chi connectivity index (χ4v) is 2.30. The number of nitrogens with two attached hydrogens (primary N) is 3. The van der Waals surface area contributed by atoms with Crippen molar-refractivity contribution >= 4 is 17.8 Å². The number of guanidine groups is 1. The number of nitrogens with one attached hydrogen (secondary N) is 1. The van der Waals surface area contributed by atoms with Gasteiger partial charge in [-0.1, -0.05) is 13.8 Å². The van der Waals surface area contributed by atoms with E-state index in [9.17, 15) is 9.59 Å². The Labute approximate surface area is 152 Å². The van der Waals surface area contributed by atoms with Crippen LogP contribution in [0.5, 0.6) is 0 Å². The van der Waals surface area contributed by atoms with Gasteiger partial charge in [0.1, 0.15) is 12.3 Å². The molecule has 0 aliphatic carbocycles. The van der Waals surface area contributed by atoms with Crippen molar-refractivity contribution in [2.24, 2.45) is 28.1 Å². The number of carbonyl (C=O) groups is 2. The normalized spacial score (nSPS) is 13.1. The maximum atomic E-state index is 12.3. The summed E-state index contributed by atoms with van der Waals surface area (Å²) in [4.78, 5) is 32.1. The van der Waals surface area contributed by atoms with Gasteiger partial charge in [-0.2, -0.15) is 0 Å². The van der Waals surface area contributed by atoms with Crippen LogP contribution in [0.3, 0.4) is 0 Å². The first-order chi connectivity index (χ1) is 12.2. The number of esters is 1. The van der Waals surface area contributed by atoms with Crippen molar-refractivity contribution in [3.05, 3.63) is 17.8 Å². The van der Waals surface area contributed by atoms with E-state index < -0.39 is 24.0 Å². The Morgan fingerprint density at radius 1 is 1.38 bits per heavy atom. The Morgan fingerprint density at radius 2 is 2.08 bits per heavy atom. The lowest BCUT2D eigenvalue weighted by molar-refractivity contribution is -0.143. The van der Waals surface area contributed by atoms with Crippen molar-refractivity contribution in [3.63, 3.8) is 0 Å². The first kappa shape index (κ1) is 21.4. The van der Waals surface area contributed by atoms with Crippen LogP contribution in [-0.4, -0.2) is 42.5 Å². The molecule has 2 atom stereocenters. The largest absolute Gasteiger partial charge is 0.467 e. The summed E-state index contributed by atoms with van der Waals surface area (Å²) in [6.07, 6.45) is 2.70. The van der Waals surface area contributed by atoms with Crippen LogP contribution >= 0.6 is 0 Å². The average molecular weight is 368 g/mol. The number of rotatable bonds is 10. The molecule has 0 fully saturated rings. The van der Waals surface area contributed by atoms with E-state index in [2.05, 4.69) is 15.3 Å². The smallest absolute Gasteiger partial charge is 0.328 e. The molecule has 1 heterocycles. The summed E-state index contributed by atoms with van der Waals surface area (Å²) in [7, 11) is 1.25. The molecule has 10 heteroatoms. The van der Waals surface area contributed by atoms with Gasteiger partial charge >= 0.3 is 5.97 Å². The van der Waals surface area contributed by atoms with Crippen LogP contribution in [0.2, 0.25) is 0 Å². The number of hydrogen-bond acceptors (Lipinski definition) is 7. The Kier molecular flexibility index (Phi) is 8.56. The number of nitrogens with zero attached hydrogens (tertiary/aromatic N) is 2. The molecule has 26 heavy (non-hydrogen) atoms. The summed E-state index contributed by atoms with van der Waals surface area (Å²) in [6.45, 7) is 4.39. The summed E-state index contributed by atoms with van der Waals surface area (Å²) in [5.41, 5.74) is 16.5. The molecule has 0 radical (unpaired) electrons. The molecule has 146 valence electrons. The highest BCUT2D eigenvalue weighted by atomic mass is 16.5. The van der Waals surface area contributed by atoms with Gasteiger partial charge in [-0.25, -0.2) is 9.78 Å². The van der Waals surface area contributed by atoms with Crippen LogP contribution in [-0.2, 0) is 9.53 Å². The lowest BCUT2D eigenvalue weighted by Crippen LogP contribution is -2.41. The molecule has 2 unspecified atom stereocenters. The maximum Gasteiger partial charge on any atom is 0.328 e. The third kappa shape index (κ3) is 7.09. The summed E-state index contributed by atoms with van der Waals surface area (Å²) in [5.74, 6) is -0.497. The van der Waals surface area contributed by atoms with Crippen molar-refractivity contribution < 1.29 is 18.7 Å². The average Bonchev–Trinajstić information content (AvgIpc) is 3.06. The highest BCUT2D eigenvalue weighted by Gasteiger charge is 2.24. The zero-order chi connectivity index (χ0) is 19.7. The lowest BCUT2D eigenvalue weighted by Gasteiger charge is -2.15. The molecular formula is C16H28N6O4. The van der Waals surface area contributed by atoms with Crippen LogP contribution in [0.1, 0.15) is 55.5 Å². The zero-order valence-corrected chi connectivity index (χ0v) is 15.4. The highest BCUT2D eigenvalue weighted by molar-refractivity contribution is 5.94. The van der Waals surface area contributed by atoms with Gasteiger partial charge in [0.15, 0.2) is 11.7 Å². The number of aromatic nitrogens is 1. The number of oxazole rings is 1. The molecular weight excluding hydrogens is 340 g/mol. The number of methoxy groups -OCH3 is 1. The van der Waals surface area contributed by atoms with Crippen LogP contribution < -0.4 is 22.5 Å². The molecule has 1 amide bonds. The molecule has 0 spiro atoms. The second-order valence-electron chi connectivity index (χ2n) is 6.31. The fourth-order valence-electron chi connectivity index (χ4n) is 2.30. The number of ether oxygens (including phenoxy) is 1. The van der Waals surface area contributed by atoms with Gasteiger partial charge in [0.25, 0.3) is 5.91 Å². The second-order valence-corrected chi connectivity index (χ2v) is 6.31. The monoisotopic (exact) mass is 368 g/mol. The van der Waals surface area contributed by atoms with E-state index in [4.69, 9.17) is 26.4 Å². The topological polar surface area (TPSA) is 172 Å². The molecule has 1 rings (SSSR count). The quantitative estimate of drug-likeness (QED) is 0.194. The van der Waals surface area contributed by atoms with E-state index in [-0.39, 0.29) is 17.5 Å². The van der Waals surface area contributed by atoms with Crippen molar-refractivity contribution in [2.45, 2.75) is 45.2 Å². The van der Waals surface area contributed by atoms with Crippen molar-refractivity contribution in [3.8, 4) is 0 Å². The van der Waals surface area contributed by atoms with E-state index in [0.29, 0.717) is 31.7 Å². The zero-order valence-electron chi connectivity index (χ0n) is 15.4. The predicted molar refractivity (Wildman–Crippen MR) is 96.1 cm³/mol. The van der Waals surface area contributed by atoms with Gasteiger partial charge < -0.3 is 31.7 Å². The van der Waals surface area contributed by atoms with E-state index in [1.165, 1.54) is 13.4 Å². The van der Waals surface area contributed by atoms with Gasteiger partial charge in [0.2, 0.25) is 5.89 Å². The molecule has 0 aliphatic rings. The molecule has 0 aromatic carbocycles. The predicted octanol–water partition coefficient (Wildman–Crippen LogP) is 0.0455. The van der Waals surface area contributed by atoms with E-state index in [1.807, 2.05) is 13.8 Å². The number of hydrogen-bond donors (Lipinski definition) is 4. The first-order valence-corrected chi connectivity index (χ1v) is 8.39. The van der Waals surface area contributed by atoms with Gasteiger partial charge in [0, 0.05) is 6.54 Å². The molecule has 0 bridgehead atoms. The first-order valence-electron chi connectivity index (χ1n) is 8.39. The lowest BCUT2D eigenvalue weighted by atomic mass is 10.0. The second kappa shape index (κ2) is 10.4. The minimum Gasteiger partial charge on any atom is -0.467 e. The van der Waals surface area contributed by atoms with E-state index >= 15 is 0 Å². The van der Waals surface area contributed by atoms with Crippen LogP contribution in [0, 0.1) is 5.92 Å². The number of aliphatic imine (C=N–C) groups is 1. The van der Waals surface area contributed by atoms with Gasteiger partial charge in [-0.3, -0.25) is 9.79 Å². The third-order valence-corrected chi connectivity index (χ3v) is 3.53. The highest BCUT2D eigenvalue weighted by Crippen LogP contribution is 2.18. The summed E-state index contributed by atoms with van der Waals surface area (Å²) < 4.78 is 9.99. The fraction of sp³-hybridized carbons (Fsp3) is 0.625. The van der Waals surface area contributed by atoms with E-state index in [0.717, 1.165) is 0 Å². The Hall–Kier alpha value is -2.62. The Balaban J connectivity index is 2.69. The Morgan fingerprint density at radius 3 is 2.65 bits per heavy atom. The minimum absolute atomic E-state index is 0.0310. The molecule has 0 saturated carbocycles. The third-order valence-electron chi connectivity index (χ3n) is 3.53. The van der Waals surface area contributed by atoms with Gasteiger partial charge in [-0.05, 0) is 25.2 Å².